The van der Waals surface area contributed by atoms with E-state index < -0.39 is 98.2 Å². The number of imide groups is 2. The maximum absolute atomic E-state index is 15.1. The minimum atomic E-state index is -2.68. The van der Waals surface area contributed by atoms with Crippen molar-refractivity contribution in [3.8, 4) is 11.5 Å². The number of phenolic OH excluding ortho intramolecular Hbond substituents is 1. The number of phenols is 1. The van der Waals surface area contributed by atoms with Crippen molar-refractivity contribution in [1.82, 2.24) is 4.90 Å². The molecule has 4 amide bonds. The molecule has 1 N–H and O–H groups in total. The lowest BCUT2D eigenvalue weighted by Gasteiger charge is -2.50. The molecule has 0 aromatic heterocycles. The van der Waals surface area contributed by atoms with Gasteiger partial charge in [-0.1, -0.05) is 24.6 Å². The van der Waals surface area contributed by atoms with Crippen molar-refractivity contribution in [1.29, 1.82) is 0 Å². The third-order valence-corrected chi connectivity index (χ3v) is 10.7. The van der Waals surface area contributed by atoms with Gasteiger partial charge in [-0.3, -0.25) is 24.1 Å². The Labute approximate surface area is 262 Å². The Kier molecular flexibility index (Phi) is 7.24. The lowest BCUT2D eigenvalue weighted by atomic mass is 9.56. The zero-order valence-corrected chi connectivity index (χ0v) is 25.0. The van der Waals surface area contributed by atoms with E-state index >= 15 is 8.78 Å². The highest BCUT2D eigenvalue weighted by atomic mass is 35.5. The molecule has 238 valence electrons. The van der Waals surface area contributed by atoms with Crippen LogP contribution in [-0.2, 0) is 19.2 Å². The van der Waals surface area contributed by atoms with Crippen molar-refractivity contribution >= 4 is 52.5 Å². The summed E-state index contributed by atoms with van der Waals surface area (Å²) in [5, 5.41) is 10.1. The van der Waals surface area contributed by atoms with Crippen molar-refractivity contribution in [3.63, 3.8) is 0 Å². The first-order valence-corrected chi connectivity index (χ1v) is 14.6. The van der Waals surface area contributed by atoms with Gasteiger partial charge in [-0.05, 0) is 31.2 Å². The van der Waals surface area contributed by atoms with Crippen LogP contribution < -0.4 is 9.64 Å². The number of ether oxygens (including phenoxy) is 1. The molecular weight excluding hydrogens is 650 g/mol. The van der Waals surface area contributed by atoms with E-state index in [1.807, 2.05) is 0 Å². The minimum absolute atomic E-state index is 0.0317. The van der Waals surface area contributed by atoms with E-state index in [4.69, 9.17) is 27.9 Å². The molecule has 6 rings (SSSR count). The predicted octanol–water partition coefficient (Wildman–Crippen LogP) is 5.07. The van der Waals surface area contributed by atoms with Gasteiger partial charge in [0.2, 0.25) is 17.6 Å². The second-order valence-corrected chi connectivity index (χ2v) is 12.7. The summed E-state index contributed by atoms with van der Waals surface area (Å²) in [6, 6.07) is 3.68. The first-order valence-electron chi connectivity index (χ1n) is 13.9. The fraction of sp³-hybridized carbons (Fsp3) is 0.400. The van der Waals surface area contributed by atoms with Crippen LogP contribution in [0.2, 0.25) is 0 Å². The number of fused-ring (bicyclic) bond motifs is 4. The number of hydrogen-bond acceptors (Lipinski definition) is 6. The van der Waals surface area contributed by atoms with Crippen LogP contribution in [-0.4, -0.2) is 57.0 Å². The smallest absolute Gasteiger partial charge is 0.258 e. The molecule has 2 saturated heterocycles. The van der Waals surface area contributed by atoms with Gasteiger partial charge in [0.25, 0.3) is 11.8 Å². The quantitative estimate of drug-likeness (QED) is 0.119. The van der Waals surface area contributed by atoms with Crippen molar-refractivity contribution in [2.24, 2.45) is 17.8 Å². The van der Waals surface area contributed by atoms with E-state index in [-0.39, 0.29) is 40.5 Å². The number of carbonyl (C=O) groups excluding carboxylic acids is 4. The molecule has 1 saturated carbocycles. The molecule has 2 aromatic carbocycles. The van der Waals surface area contributed by atoms with Crippen LogP contribution in [0.25, 0.3) is 0 Å². The standard InChI is InChI=1S/C30H23Cl2F5N2O6/c1-3-8-38-25(41)14-7-6-12-15(17(14)26(38)42)10-29(31)27(43)39(24-22(36)20(34)19(33)21(35)23(24)37)28(44)30(29,32)18(12)13-5-4-11(40)9-16(13)45-2/h4-6,9,14-15,17-18,40H,3,7-8,10H2,1-2H3/t14-,15+,17-,18+,29+,30-/m0/s1. The molecule has 45 heavy (non-hydrogen) atoms. The van der Waals surface area contributed by atoms with Crippen molar-refractivity contribution in [2.75, 3.05) is 18.6 Å². The van der Waals surface area contributed by atoms with E-state index in [1.54, 1.807) is 13.0 Å². The van der Waals surface area contributed by atoms with Crippen molar-refractivity contribution < 1.29 is 51.0 Å². The number of anilines is 1. The Hall–Kier alpha value is -3.71. The number of hydrogen-bond donors (Lipinski definition) is 1. The average Bonchev–Trinajstić information content (AvgIpc) is 3.34. The average molecular weight is 673 g/mol. The SMILES string of the molecule is CCCN1C(=O)[C@H]2[C@H](CC=C3[C@H]2C[C@@]2(Cl)C(=O)N(c4c(F)c(F)c(F)c(F)c4F)C(=O)[C@@]2(Cl)[C@H]3c2ccc(O)cc2OC)C1=O. The second kappa shape index (κ2) is 10.4. The molecule has 3 fully saturated rings. The number of aromatic hydroxyl groups is 1. The molecule has 4 aliphatic rings. The third-order valence-electron chi connectivity index (χ3n) is 9.29. The summed E-state index contributed by atoms with van der Waals surface area (Å²) >= 11 is 14.1. The van der Waals surface area contributed by atoms with Crippen LogP contribution in [0.1, 0.15) is 37.7 Å². The van der Waals surface area contributed by atoms with Gasteiger partial charge < -0.3 is 9.84 Å². The van der Waals surface area contributed by atoms with Crippen molar-refractivity contribution in [2.45, 2.75) is 41.9 Å². The monoisotopic (exact) mass is 672 g/mol. The van der Waals surface area contributed by atoms with Crippen LogP contribution in [0.4, 0.5) is 27.6 Å². The molecule has 6 atom stereocenters. The molecule has 0 radical (unpaired) electrons. The Morgan fingerprint density at radius 3 is 2.16 bits per heavy atom. The van der Waals surface area contributed by atoms with Gasteiger partial charge in [0.15, 0.2) is 33.0 Å². The number of rotatable bonds is 5. The fourth-order valence-electron chi connectivity index (χ4n) is 7.36. The second-order valence-electron chi connectivity index (χ2n) is 11.4. The van der Waals surface area contributed by atoms with Crippen LogP contribution in [0.3, 0.4) is 0 Å². The highest BCUT2D eigenvalue weighted by molar-refractivity contribution is 6.58. The number of nitrogens with zero attached hydrogens (tertiary/aromatic N) is 2. The van der Waals surface area contributed by atoms with E-state index in [9.17, 15) is 37.5 Å². The summed E-state index contributed by atoms with van der Waals surface area (Å²) < 4.78 is 78.2. The number of carbonyl (C=O) groups is 4. The zero-order chi connectivity index (χ0) is 32.9. The molecule has 0 bridgehead atoms. The van der Waals surface area contributed by atoms with Gasteiger partial charge in [0.05, 0.1) is 18.9 Å². The van der Waals surface area contributed by atoms with Gasteiger partial charge in [-0.2, -0.15) is 0 Å². The summed E-state index contributed by atoms with van der Waals surface area (Å²) in [4.78, 5) is 50.9. The van der Waals surface area contributed by atoms with E-state index in [1.165, 1.54) is 19.2 Å². The Balaban J connectivity index is 1.61. The number of halogens is 7. The summed E-state index contributed by atoms with van der Waals surface area (Å²) in [5.41, 5.74) is -1.51. The molecule has 2 aromatic rings. The van der Waals surface area contributed by atoms with Crippen molar-refractivity contribution in [3.05, 3.63) is 64.5 Å². The Morgan fingerprint density at radius 1 is 0.933 bits per heavy atom. The van der Waals surface area contributed by atoms with Gasteiger partial charge in [-0.25, -0.2) is 26.9 Å². The molecule has 15 heteroatoms. The van der Waals surface area contributed by atoms with Crippen LogP contribution in [0.5, 0.6) is 11.5 Å². The molecule has 2 heterocycles. The van der Waals surface area contributed by atoms with Crippen LogP contribution in [0.15, 0.2) is 29.8 Å². The Morgan fingerprint density at radius 2 is 1.56 bits per heavy atom. The molecule has 2 aliphatic heterocycles. The summed E-state index contributed by atoms with van der Waals surface area (Å²) in [7, 11) is 1.23. The largest absolute Gasteiger partial charge is 0.508 e. The number of amides is 4. The third kappa shape index (κ3) is 3.89. The normalized spacial score (nSPS) is 30.8. The van der Waals surface area contributed by atoms with Crippen LogP contribution in [0, 0.1) is 46.8 Å². The first kappa shape index (κ1) is 31.3. The maximum Gasteiger partial charge on any atom is 0.258 e. The molecule has 8 nitrogen and oxygen atoms in total. The number of alkyl halides is 2. The van der Waals surface area contributed by atoms with Gasteiger partial charge in [0.1, 0.15) is 17.2 Å². The van der Waals surface area contributed by atoms with E-state index in [0.29, 0.717) is 6.42 Å². The molecule has 0 spiro atoms. The van der Waals surface area contributed by atoms with Gasteiger partial charge in [0, 0.05) is 24.1 Å². The number of methoxy groups -OCH3 is 1. The fourth-order valence-corrected chi connectivity index (χ4v) is 8.29. The topological polar surface area (TPSA) is 104 Å². The highest BCUT2D eigenvalue weighted by Gasteiger charge is 2.77. The zero-order valence-electron chi connectivity index (χ0n) is 23.5. The van der Waals surface area contributed by atoms with E-state index in [2.05, 4.69) is 0 Å². The van der Waals surface area contributed by atoms with Gasteiger partial charge in [-0.15, -0.1) is 23.2 Å². The lowest BCUT2D eigenvalue weighted by molar-refractivity contribution is -0.140. The maximum atomic E-state index is 15.1. The number of allylic oxidation sites excluding steroid dienone is 2. The minimum Gasteiger partial charge on any atom is -0.508 e. The lowest BCUT2D eigenvalue weighted by Crippen LogP contribution is -2.60. The van der Waals surface area contributed by atoms with E-state index in [0.717, 1.165) is 11.0 Å². The summed E-state index contributed by atoms with van der Waals surface area (Å²) in [5.74, 6) is -21.2. The molecular formula is C30H23Cl2F5N2O6. The van der Waals surface area contributed by atoms with Gasteiger partial charge >= 0.3 is 0 Å². The van der Waals surface area contributed by atoms with Crippen LogP contribution >= 0.6 is 23.2 Å². The summed E-state index contributed by atoms with van der Waals surface area (Å²) in [6.45, 7) is 1.89. The molecule has 2 aliphatic carbocycles. The predicted molar refractivity (Wildman–Crippen MR) is 148 cm³/mol. The Bertz CT molecular complexity index is 1730. The molecule has 0 unspecified atom stereocenters. The first-order chi connectivity index (χ1) is 21.2. The highest BCUT2D eigenvalue weighted by Crippen LogP contribution is 2.66. The number of benzene rings is 2. The summed E-state index contributed by atoms with van der Waals surface area (Å²) in [6.07, 6.45) is 1.48. The number of likely N-dealkylation sites (tertiary alicyclic amines) is 1.